The molecule has 3 nitrogen and oxygen atoms in total. The molecule has 1 aliphatic carbocycles. The highest BCUT2D eigenvalue weighted by Crippen LogP contribution is 2.44. The van der Waals surface area contributed by atoms with Gasteiger partial charge in [-0.25, -0.2) is 0 Å². The van der Waals surface area contributed by atoms with Crippen LogP contribution < -0.4 is 5.73 Å². The van der Waals surface area contributed by atoms with Crippen LogP contribution in [0.2, 0.25) is 0 Å². The Kier molecular flexibility index (Phi) is 3.37. The van der Waals surface area contributed by atoms with Gasteiger partial charge in [-0.1, -0.05) is 30.3 Å². The third-order valence-corrected chi connectivity index (χ3v) is 3.07. The monoisotopic (exact) mass is 227 g/mol. The molecule has 1 unspecified atom stereocenters. The Morgan fingerprint density at radius 2 is 2.00 bits per heavy atom. The van der Waals surface area contributed by atoms with Crippen LogP contribution in [-0.4, -0.2) is 16.6 Å². The predicted molar refractivity (Wildman–Crippen MR) is 60.2 cm³/mol. The number of hydrogen-bond donors (Lipinski definition) is 2. The van der Waals surface area contributed by atoms with E-state index in [1.165, 1.54) is 0 Å². The van der Waals surface area contributed by atoms with Crippen LogP contribution in [0.25, 0.3) is 0 Å². The molecule has 0 heterocycles. The van der Waals surface area contributed by atoms with Gasteiger partial charge >= 0.3 is 5.97 Å². The SMILES string of the molecule is Cl.N[C@]1(C(=O)O)CCC1c1ccccc1. The maximum atomic E-state index is 11.0. The molecule has 4 heteroatoms. The zero-order valence-electron chi connectivity index (χ0n) is 8.22. The van der Waals surface area contributed by atoms with E-state index in [0.717, 1.165) is 12.0 Å². The normalized spacial score (nSPS) is 28.7. The topological polar surface area (TPSA) is 63.3 Å². The molecule has 1 fully saturated rings. The number of aliphatic carboxylic acids is 1. The molecular weight excluding hydrogens is 214 g/mol. The van der Waals surface area contributed by atoms with Crippen molar-refractivity contribution in [3.63, 3.8) is 0 Å². The summed E-state index contributed by atoms with van der Waals surface area (Å²) < 4.78 is 0. The van der Waals surface area contributed by atoms with Crippen molar-refractivity contribution in [1.29, 1.82) is 0 Å². The summed E-state index contributed by atoms with van der Waals surface area (Å²) >= 11 is 0. The summed E-state index contributed by atoms with van der Waals surface area (Å²) in [6.45, 7) is 0. The van der Waals surface area contributed by atoms with Crippen molar-refractivity contribution in [2.24, 2.45) is 5.73 Å². The molecule has 82 valence electrons. The minimum atomic E-state index is -1.04. The van der Waals surface area contributed by atoms with Gasteiger partial charge in [0, 0.05) is 5.92 Å². The molecule has 0 spiro atoms. The van der Waals surface area contributed by atoms with E-state index >= 15 is 0 Å². The first-order valence-corrected chi connectivity index (χ1v) is 4.72. The van der Waals surface area contributed by atoms with Gasteiger partial charge < -0.3 is 10.8 Å². The fourth-order valence-corrected chi connectivity index (χ4v) is 2.01. The lowest BCUT2D eigenvalue weighted by atomic mass is 9.64. The van der Waals surface area contributed by atoms with Gasteiger partial charge in [0.1, 0.15) is 5.54 Å². The molecule has 1 aliphatic rings. The lowest BCUT2D eigenvalue weighted by molar-refractivity contribution is -0.147. The molecule has 0 saturated heterocycles. The molecule has 0 bridgehead atoms. The van der Waals surface area contributed by atoms with Crippen molar-refractivity contribution in [1.82, 2.24) is 0 Å². The Bertz CT molecular complexity index is 355. The number of rotatable bonds is 2. The van der Waals surface area contributed by atoms with Gasteiger partial charge in [0.05, 0.1) is 0 Å². The second kappa shape index (κ2) is 4.21. The molecule has 15 heavy (non-hydrogen) atoms. The molecule has 0 radical (unpaired) electrons. The average molecular weight is 228 g/mol. The standard InChI is InChI=1S/C11H13NO2.ClH/c12-11(10(13)14)7-6-9(11)8-4-2-1-3-5-8;/h1-5,9H,6-7,12H2,(H,13,14);1H/t9?,11-;/m1./s1. The summed E-state index contributed by atoms with van der Waals surface area (Å²) in [6, 6.07) is 9.62. The summed E-state index contributed by atoms with van der Waals surface area (Å²) in [5.74, 6) is -0.918. The van der Waals surface area contributed by atoms with Crippen molar-refractivity contribution >= 4 is 18.4 Å². The van der Waals surface area contributed by atoms with Gasteiger partial charge in [0.15, 0.2) is 0 Å². The van der Waals surface area contributed by atoms with Gasteiger partial charge in [0.25, 0.3) is 0 Å². The molecule has 0 amide bonds. The highest BCUT2D eigenvalue weighted by molar-refractivity contribution is 5.85. The summed E-state index contributed by atoms with van der Waals surface area (Å²) in [7, 11) is 0. The second-order valence-electron chi connectivity index (χ2n) is 3.85. The molecule has 1 aromatic rings. The zero-order valence-corrected chi connectivity index (χ0v) is 9.04. The quantitative estimate of drug-likeness (QED) is 0.810. The van der Waals surface area contributed by atoms with Crippen LogP contribution in [-0.2, 0) is 4.79 Å². The summed E-state index contributed by atoms with van der Waals surface area (Å²) in [4.78, 5) is 11.0. The molecule has 0 aromatic heterocycles. The Hall–Kier alpha value is -1.06. The molecule has 2 atom stereocenters. The van der Waals surface area contributed by atoms with Gasteiger partial charge in [-0.15, -0.1) is 12.4 Å². The molecule has 1 aromatic carbocycles. The second-order valence-corrected chi connectivity index (χ2v) is 3.85. The highest BCUT2D eigenvalue weighted by Gasteiger charge is 2.50. The highest BCUT2D eigenvalue weighted by atomic mass is 35.5. The first-order valence-electron chi connectivity index (χ1n) is 4.72. The fraction of sp³-hybridized carbons (Fsp3) is 0.364. The molecule has 3 N–H and O–H groups in total. The predicted octanol–water partition coefficient (Wildman–Crippen LogP) is 1.77. The summed E-state index contributed by atoms with van der Waals surface area (Å²) in [5.41, 5.74) is 5.81. The lowest BCUT2D eigenvalue weighted by Crippen LogP contribution is -2.59. The van der Waals surface area contributed by atoms with E-state index in [1.54, 1.807) is 0 Å². The summed E-state index contributed by atoms with van der Waals surface area (Å²) in [5, 5.41) is 9.00. The Morgan fingerprint density at radius 1 is 1.40 bits per heavy atom. The number of carboxylic acids is 1. The van der Waals surface area contributed by atoms with Gasteiger partial charge in [0.2, 0.25) is 0 Å². The van der Waals surface area contributed by atoms with Crippen LogP contribution in [0.4, 0.5) is 0 Å². The largest absolute Gasteiger partial charge is 0.480 e. The van der Waals surface area contributed by atoms with Crippen LogP contribution in [0.5, 0.6) is 0 Å². The van der Waals surface area contributed by atoms with E-state index in [4.69, 9.17) is 10.8 Å². The van der Waals surface area contributed by atoms with E-state index in [9.17, 15) is 4.79 Å². The summed E-state index contributed by atoms with van der Waals surface area (Å²) in [6.07, 6.45) is 1.44. The first kappa shape index (κ1) is 12.0. The van der Waals surface area contributed by atoms with Crippen molar-refractivity contribution < 1.29 is 9.90 Å². The smallest absolute Gasteiger partial charge is 0.324 e. The van der Waals surface area contributed by atoms with Crippen molar-refractivity contribution in [2.75, 3.05) is 0 Å². The van der Waals surface area contributed by atoms with Gasteiger partial charge in [-0.05, 0) is 18.4 Å². The van der Waals surface area contributed by atoms with Crippen molar-refractivity contribution in [3.05, 3.63) is 35.9 Å². The number of carbonyl (C=O) groups is 1. The van der Waals surface area contributed by atoms with Crippen LogP contribution in [0, 0.1) is 0 Å². The first-order chi connectivity index (χ1) is 6.64. The van der Waals surface area contributed by atoms with Crippen molar-refractivity contribution in [3.8, 4) is 0 Å². The molecular formula is C11H14ClNO2. The van der Waals surface area contributed by atoms with E-state index in [-0.39, 0.29) is 18.3 Å². The lowest BCUT2D eigenvalue weighted by Gasteiger charge is -2.43. The van der Waals surface area contributed by atoms with Crippen LogP contribution in [0.1, 0.15) is 24.3 Å². The number of nitrogens with two attached hydrogens (primary N) is 1. The maximum absolute atomic E-state index is 11.0. The van der Waals surface area contributed by atoms with E-state index in [1.807, 2.05) is 30.3 Å². The third-order valence-electron chi connectivity index (χ3n) is 3.07. The number of carboxylic acid groups (broad SMARTS) is 1. The average Bonchev–Trinajstić information content (AvgIpc) is 2.16. The Labute approximate surface area is 94.7 Å². The fourth-order valence-electron chi connectivity index (χ4n) is 2.01. The number of hydrogen-bond acceptors (Lipinski definition) is 2. The third kappa shape index (κ3) is 1.85. The van der Waals surface area contributed by atoms with Gasteiger partial charge in [-0.2, -0.15) is 0 Å². The van der Waals surface area contributed by atoms with Crippen LogP contribution in [0.15, 0.2) is 30.3 Å². The minimum Gasteiger partial charge on any atom is -0.480 e. The molecule has 1 saturated carbocycles. The van der Waals surface area contributed by atoms with Gasteiger partial charge in [-0.3, -0.25) is 4.79 Å². The number of benzene rings is 1. The zero-order chi connectivity index (χ0) is 10.2. The minimum absolute atomic E-state index is 0. The molecule has 0 aliphatic heterocycles. The Balaban J connectivity index is 0.00000112. The van der Waals surface area contributed by atoms with E-state index in [2.05, 4.69) is 0 Å². The van der Waals surface area contributed by atoms with Crippen LogP contribution >= 0.6 is 12.4 Å². The van der Waals surface area contributed by atoms with Crippen molar-refractivity contribution in [2.45, 2.75) is 24.3 Å². The van der Waals surface area contributed by atoms with E-state index in [0.29, 0.717) is 6.42 Å². The number of halogens is 1. The van der Waals surface area contributed by atoms with Crippen LogP contribution in [0.3, 0.4) is 0 Å². The Morgan fingerprint density at radius 3 is 2.40 bits per heavy atom. The van der Waals surface area contributed by atoms with E-state index < -0.39 is 11.5 Å². The molecule has 2 rings (SSSR count). The maximum Gasteiger partial charge on any atom is 0.324 e.